The highest BCUT2D eigenvalue weighted by Gasteiger charge is 2.11. The van der Waals surface area contributed by atoms with E-state index in [1.807, 2.05) is 20.8 Å². The summed E-state index contributed by atoms with van der Waals surface area (Å²) in [4.78, 5) is 11.1. The zero-order valence-corrected chi connectivity index (χ0v) is 8.76. The van der Waals surface area contributed by atoms with Gasteiger partial charge in [0.15, 0.2) is 5.78 Å². The fraction of sp³-hybridized carbons (Fsp3) is 0.900. The highest BCUT2D eigenvalue weighted by atomic mass is 16.5. The summed E-state index contributed by atoms with van der Waals surface area (Å²) in [6.07, 6.45) is 0.174. The average molecular weight is 172 g/mol. The van der Waals surface area contributed by atoms with Crippen LogP contribution in [0.25, 0.3) is 0 Å². The van der Waals surface area contributed by atoms with Crippen molar-refractivity contribution >= 4 is 5.78 Å². The van der Waals surface area contributed by atoms with Crippen LogP contribution >= 0.6 is 0 Å². The zero-order valence-electron chi connectivity index (χ0n) is 8.76. The van der Waals surface area contributed by atoms with Crippen LogP contribution in [0.1, 0.15) is 34.6 Å². The minimum atomic E-state index is 0.0874. The van der Waals surface area contributed by atoms with Crippen LogP contribution in [0.3, 0.4) is 0 Å². The molecule has 0 saturated carbocycles. The molecule has 0 aliphatic carbocycles. The molecule has 0 saturated heterocycles. The Bertz CT molecular complexity index is 139. The van der Waals surface area contributed by atoms with E-state index in [9.17, 15) is 4.79 Å². The van der Waals surface area contributed by atoms with E-state index >= 15 is 0 Å². The molecule has 0 aromatic heterocycles. The molecule has 0 amide bonds. The number of Topliss-reactive ketones (excluding diaryl/α,β-unsaturated/α-hetero) is 1. The van der Waals surface area contributed by atoms with Crippen molar-refractivity contribution in [2.75, 3.05) is 6.61 Å². The van der Waals surface area contributed by atoms with E-state index < -0.39 is 0 Å². The summed E-state index contributed by atoms with van der Waals surface area (Å²) in [5.74, 6) is 0.747. The first kappa shape index (κ1) is 11.6. The first-order valence-corrected chi connectivity index (χ1v) is 4.59. The highest BCUT2D eigenvalue weighted by molar-refractivity contribution is 5.81. The van der Waals surface area contributed by atoms with Gasteiger partial charge in [0.2, 0.25) is 0 Å². The quantitative estimate of drug-likeness (QED) is 0.636. The first-order chi connectivity index (χ1) is 5.45. The molecule has 12 heavy (non-hydrogen) atoms. The second kappa shape index (κ2) is 5.31. The van der Waals surface area contributed by atoms with Gasteiger partial charge in [0.1, 0.15) is 6.61 Å². The van der Waals surface area contributed by atoms with Crippen molar-refractivity contribution in [1.82, 2.24) is 0 Å². The molecule has 0 fully saturated rings. The molecule has 0 spiro atoms. The molecule has 0 aromatic carbocycles. The van der Waals surface area contributed by atoms with Gasteiger partial charge in [-0.25, -0.2) is 0 Å². The van der Waals surface area contributed by atoms with E-state index in [0.29, 0.717) is 5.92 Å². The lowest BCUT2D eigenvalue weighted by Crippen LogP contribution is -2.22. The molecule has 0 rings (SSSR count). The van der Waals surface area contributed by atoms with Gasteiger partial charge in [-0.1, -0.05) is 27.7 Å². The van der Waals surface area contributed by atoms with Gasteiger partial charge in [-0.15, -0.1) is 0 Å². The second-order valence-electron chi connectivity index (χ2n) is 3.88. The lowest BCUT2D eigenvalue weighted by Gasteiger charge is -2.16. The molecule has 0 aromatic rings. The maximum atomic E-state index is 11.1. The molecule has 0 aliphatic rings. The Labute approximate surface area is 75.3 Å². The first-order valence-electron chi connectivity index (χ1n) is 4.59. The Morgan fingerprint density at radius 2 is 1.67 bits per heavy atom. The average Bonchev–Trinajstić information content (AvgIpc) is 1.98. The number of carbonyl (C=O) groups excluding carboxylic acids is 1. The van der Waals surface area contributed by atoms with E-state index in [2.05, 4.69) is 13.8 Å². The van der Waals surface area contributed by atoms with Crippen molar-refractivity contribution < 1.29 is 9.53 Å². The Morgan fingerprint density at radius 3 is 2.00 bits per heavy atom. The topological polar surface area (TPSA) is 26.3 Å². The largest absolute Gasteiger partial charge is 0.370 e. The van der Waals surface area contributed by atoms with Crippen molar-refractivity contribution in [3.05, 3.63) is 0 Å². The number of hydrogen-bond donors (Lipinski definition) is 0. The number of ether oxygens (including phenoxy) is 1. The van der Waals surface area contributed by atoms with Crippen LogP contribution < -0.4 is 0 Å². The van der Waals surface area contributed by atoms with Gasteiger partial charge < -0.3 is 4.74 Å². The predicted molar refractivity (Wildman–Crippen MR) is 50.1 cm³/mol. The van der Waals surface area contributed by atoms with Gasteiger partial charge in [0.05, 0.1) is 6.10 Å². The Balaban J connectivity index is 3.61. The third kappa shape index (κ3) is 4.50. The molecule has 0 bridgehead atoms. The van der Waals surface area contributed by atoms with E-state index in [0.717, 1.165) is 0 Å². The summed E-state index contributed by atoms with van der Waals surface area (Å²) in [6, 6.07) is 0. The molecule has 1 unspecified atom stereocenters. The van der Waals surface area contributed by atoms with Crippen LogP contribution in [-0.2, 0) is 9.53 Å². The van der Waals surface area contributed by atoms with Crippen LogP contribution in [0, 0.1) is 11.8 Å². The van der Waals surface area contributed by atoms with E-state index in [1.165, 1.54) is 0 Å². The predicted octanol–water partition coefficient (Wildman–Crippen LogP) is 2.27. The summed E-state index contributed by atoms with van der Waals surface area (Å²) in [5.41, 5.74) is 0. The monoisotopic (exact) mass is 172 g/mol. The minimum absolute atomic E-state index is 0.0874. The van der Waals surface area contributed by atoms with Crippen LogP contribution in [-0.4, -0.2) is 18.5 Å². The van der Waals surface area contributed by atoms with Gasteiger partial charge >= 0.3 is 0 Å². The number of carbonyl (C=O) groups is 1. The number of ketones is 1. The normalized spacial score (nSPS) is 13.9. The van der Waals surface area contributed by atoms with Crippen molar-refractivity contribution in [2.24, 2.45) is 11.8 Å². The van der Waals surface area contributed by atoms with Crippen LogP contribution in [0.4, 0.5) is 0 Å². The SMILES string of the molecule is CC(C)C(=O)COC(C)C(C)C. The maximum Gasteiger partial charge on any atom is 0.160 e. The van der Waals surface area contributed by atoms with Gasteiger partial charge in [-0.05, 0) is 12.8 Å². The molecule has 0 N–H and O–H groups in total. The van der Waals surface area contributed by atoms with Crippen LogP contribution in [0.15, 0.2) is 0 Å². The Hall–Kier alpha value is -0.370. The van der Waals surface area contributed by atoms with Gasteiger partial charge in [0.25, 0.3) is 0 Å². The molecule has 1 atom stereocenters. The highest BCUT2D eigenvalue weighted by Crippen LogP contribution is 2.06. The van der Waals surface area contributed by atoms with E-state index in [4.69, 9.17) is 4.74 Å². The summed E-state index contributed by atoms with van der Waals surface area (Å²) < 4.78 is 5.38. The lowest BCUT2D eigenvalue weighted by atomic mass is 10.1. The van der Waals surface area contributed by atoms with E-state index in [-0.39, 0.29) is 24.4 Å². The summed E-state index contributed by atoms with van der Waals surface area (Å²) in [7, 11) is 0. The fourth-order valence-corrected chi connectivity index (χ4v) is 0.573. The molecule has 2 nitrogen and oxygen atoms in total. The Kier molecular flexibility index (Phi) is 5.14. The Morgan fingerprint density at radius 1 is 1.17 bits per heavy atom. The van der Waals surface area contributed by atoms with Crippen molar-refractivity contribution in [3.63, 3.8) is 0 Å². The smallest absolute Gasteiger partial charge is 0.160 e. The van der Waals surface area contributed by atoms with E-state index in [1.54, 1.807) is 0 Å². The summed E-state index contributed by atoms with van der Waals surface area (Å²) in [6.45, 7) is 10.2. The molecule has 2 heteroatoms. The van der Waals surface area contributed by atoms with Crippen LogP contribution in [0.5, 0.6) is 0 Å². The van der Waals surface area contributed by atoms with Gasteiger partial charge in [0, 0.05) is 5.92 Å². The third-order valence-electron chi connectivity index (χ3n) is 2.07. The molecular weight excluding hydrogens is 152 g/mol. The molecule has 0 radical (unpaired) electrons. The minimum Gasteiger partial charge on any atom is -0.370 e. The summed E-state index contributed by atoms with van der Waals surface area (Å²) >= 11 is 0. The molecule has 0 aliphatic heterocycles. The third-order valence-corrected chi connectivity index (χ3v) is 2.07. The van der Waals surface area contributed by atoms with Crippen molar-refractivity contribution in [1.29, 1.82) is 0 Å². The summed E-state index contributed by atoms with van der Waals surface area (Å²) in [5, 5.41) is 0. The van der Waals surface area contributed by atoms with Gasteiger partial charge in [-0.3, -0.25) is 4.79 Å². The number of rotatable bonds is 5. The zero-order chi connectivity index (χ0) is 9.72. The maximum absolute atomic E-state index is 11.1. The lowest BCUT2D eigenvalue weighted by molar-refractivity contribution is -0.129. The fourth-order valence-electron chi connectivity index (χ4n) is 0.573. The van der Waals surface area contributed by atoms with Gasteiger partial charge in [-0.2, -0.15) is 0 Å². The van der Waals surface area contributed by atoms with Crippen molar-refractivity contribution in [2.45, 2.75) is 40.7 Å². The standard InChI is InChI=1S/C10H20O2/c1-7(2)9(5)12-6-10(11)8(3)4/h7-9H,6H2,1-5H3. The van der Waals surface area contributed by atoms with Crippen molar-refractivity contribution in [3.8, 4) is 0 Å². The van der Waals surface area contributed by atoms with Crippen LogP contribution in [0.2, 0.25) is 0 Å². The number of hydrogen-bond acceptors (Lipinski definition) is 2. The molecule has 0 heterocycles. The molecule has 72 valence electrons. The second-order valence-corrected chi connectivity index (χ2v) is 3.88. The molecular formula is C10H20O2.